The Labute approximate surface area is 214 Å². The number of nitriles is 2. The van der Waals surface area contributed by atoms with Crippen LogP contribution in [0.5, 0.6) is 5.88 Å². The third-order valence-corrected chi connectivity index (χ3v) is 4.95. The molecular weight excluding hydrogens is 594 g/mol. The molecule has 0 saturated carbocycles. The molecule has 0 spiro atoms. The zero-order valence-electron chi connectivity index (χ0n) is 17.9. The van der Waals surface area contributed by atoms with E-state index in [0.29, 0.717) is 0 Å². The summed E-state index contributed by atoms with van der Waals surface area (Å²) in [6.07, 6.45) is -11.1. The summed E-state index contributed by atoms with van der Waals surface area (Å²) in [4.78, 5) is 12.9. The van der Waals surface area contributed by atoms with Crippen LogP contribution in [0.3, 0.4) is 0 Å². The van der Waals surface area contributed by atoms with Gasteiger partial charge in [0.15, 0.2) is 29.1 Å². The largest absolute Gasteiger partial charge is 0.493 e. The monoisotopic (exact) mass is 599 g/mol. The topological polar surface area (TPSA) is 103 Å². The quantitative estimate of drug-likeness (QED) is 0.187. The van der Waals surface area contributed by atoms with Crippen LogP contribution < -0.4 is 0 Å². The number of halogens is 10. The average Bonchev–Trinajstić information content (AvgIpc) is 3.09. The molecule has 0 fully saturated rings. The third kappa shape index (κ3) is 4.78. The number of aryl methyl sites for hydroxylation is 1. The molecular formula is C21H6CuF10N4O2. The molecule has 1 N–H and O–H groups in total. The van der Waals surface area contributed by atoms with Crippen molar-refractivity contribution in [2.24, 2.45) is 0 Å². The number of hydrogen-bond donors (Lipinski definition) is 1. The van der Waals surface area contributed by atoms with Crippen LogP contribution in [0.15, 0.2) is 12.1 Å². The van der Waals surface area contributed by atoms with E-state index in [4.69, 9.17) is 10.5 Å². The van der Waals surface area contributed by atoms with Gasteiger partial charge >= 0.3 is 12.4 Å². The van der Waals surface area contributed by atoms with Gasteiger partial charge in [-0.2, -0.15) is 46.6 Å². The second kappa shape index (κ2) is 10.00. The van der Waals surface area contributed by atoms with Crippen LogP contribution in [0.25, 0.3) is 5.69 Å². The molecule has 3 aromatic rings. The van der Waals surface area contributed by atoms with Gasteiger partial charge < -0.3 is 5.11 Å². The Morgan fingerprint density at radius 2 is 1.29 bits per heavy atom. The second-order valence-electron chi connectivity index (χ2n) is 7.17. The van der Waals surface area contributed by atoms with E-state index in [1.54, 1.807) is 0 Å². The van der Waals surface area contributed by atoms with Gasteiger partial charge in [0.1, 0.15) is 29.0 Å². The minimum Gasteiger partial charge on any atom is -0.493 e. The van der Waals surface area contributed by atoms with E-state index >= 15 is 0 Å². The zero-order chi connectivity index (χ0) is 28.2. The van der Waals surface area contributed by atoms with Gasteiger partial charge in [-0.1, -0.05) is 0 Å². The number of rotatable bonds is 3. The fourth-order valence-electron chi connectivity index (χ4n) is 3.33. The van der Waals surface area contributed by atoms with Gasteiger partial charge in [0.05, 0.1) is 22.4 Å². The van der Waals surface area contributed by atoms with E-state index in [-0.39, 0.29) is 33.9 Å². The molecule has 2 aromatic carbocycles. The number of aromatic nitrogens is 2. The van der Waals surface area contributed by atoms with Crippen molar-refractivity contribution in [3.05, 3.63) is 74.5 Å². The van der Waals surface area contributed by atoms with Crippen molar-refractivity contribution >= 4 is 5.78 Å². The fraction of sp³-hybridized carbons (Fsp3) is 0.143. The maximum Gasteiger partial charge on any atom is 0.417 e. The molecule has 0 amide bonds. The Morgan fingerprint density at radius 1 is 0.868 bits per heavy atom. The van der Waals surface area contributed by atoms with Crippen LogP contribution >= 0.6 is 0 Å². The molecule has 38 heavy (non-hydrogen) atoms. The van der Waals surface area contributed by atoms with Crippen LogP contribution in [-0.4, -0.2) is 20.7 Å². The molecule has 203 valence electrons. The normalized spacial score (nSPS) is 11.5. The predicted molar refractivity (Wildman–Crippen MR) is 99.1 cm³/mol. The summed E-state index contributed by atoms with van der Waals surface area (Å²) in [5, 5.41) is 31.2. The van der Waals surface area contributed by atoms with Crippen molar-refractivity contribution in [2.75, 3.05) is 0 Å². The minimum atomic E-state index is -5.55. The van der Waals surface area contributed by atoms with Crippen LogP contribution in [0.1, 0.15) is 43.9 Å². The van der Waals surface area contributed by atoms with Gasteiger partial charge in [0.2, 0.25) is 5.88 Å². The summed E-state index contributed by atoms with van der Waals surface area (Å²) < 4.78 is 137. The van der Waals surface area contributed by atoms with Crippen molar-refractivity contribution < 1.29 is 70.9 Å². The number of ketones is 1. The van der Waals surface area contributed by atoms with E-state index < -0.39 is 92.0 Å². The number of benzene rings is 2. The van der Waals surface area contributed by atoms with Crippen molar-refractivity contribution in [2.45, 2.75) is 19.3 Å². The number of carbonyl (C=O) groups excluding carboxylic acids is 1. The predicted octanol–water partition coefficient (Wildman–Crippen LogP) is 5.45. The minimum absolute atomic E-state index is 0. The SMILES string of the molecule is Cc1nn(-c2c(F)c(F)c(C#N)c(F)c2F)c(O)c1C(=O)c1cc(C(F)(F)F)c(C#N)c(C(F)(F)F)c1.[Cu]. The summed E-state index contributed by atoms with van der Waals surface area (Å²) >= 11 is 0. The summed E-state index contributed by atoms with van der Waals surface area (Å²) in [5.41, 5.74) is -12.9. The molecule has 0 aliphatic heterocycles. The van der Waals surface area contributed by atoms with Crippen LogP contribution in [0.2, 0.25) is 0 Å². The first-order valence-electron chi connectivity index (χ1n) is 9.29. The van der Waals surface area contributed by atoms with Crippen molar-refractivity contribution in [3.8, 4) is 23.7 Å². The van der Waals surface area contributed by atoms with E-state index in [0.717, 1.165) is 19.1 Å². The number of hydrogen-bond acceptors (Lipinski definition) is 5. The first kappa shape index (κ1) is 30.1. The Hall–Kier alpha value is -4.08. The second-order valence-corrected chi connectivity index (χ2v) is 7.17. The average molecular weight is 600 g/mol. The molecule has 1 aromatic heterocycles. The van der Waals surface area contributed by atoms with Crippen molar-refractivity contribution in [1.82, 2.24) is 9.78 Å². The molecule has 0 bridgehead atoms. The van der Waals surface area contributed by atoms with Crippen LogP contribution in [-0.2, 0) is 29.4 Å². The first-order valence-corrected chi connectivity index (χ1v) is 9.29. The number of nitrogens with zero attached hydrogens (tertiary/aromatic N) is 4. The molecule has 0 unspecified atom stereocenters. The van der Waals surface area contributed by atoms with Crippen molar-refractivity contribution in [3.63, 3.8) is 0 Å². The molecule has 0 saturated heterocycles. The van der Waals surface area contributed by atoms with Gasteiger partial charge in [-0.3, -0.25) is 4.79 Å². The molecule has 0 atom stereocenters. The molecule has 0 aliphatic carbocycles. The summed E-state index contributed by atoms with van der Waals surface area (Å²) in [5.74, 6) is -12.3. The smallest absolute Gasteiger partial charge is 0.417 e. The Morgan fingerprint density at radius 3 is 1.66 bits per heavy atom. The summed E-state index contributed by atoms with van der Waals surface area (Å²) in [6, 6.07) is 1.39. The van der Waals surface area contributed by atoms with Crippen LogP contribution in [0.4, 0.5) is 43.9 Å². The summed E-state index contributed by atoms with van der Waals surface area (Å²) in [6.45, 7) is 0.828. The van der Waals surface area contributed by atoms with Gasteiger partial charge in [-0.05, 0) is 19.1 Å². The van der Waals surface area contributed by atoms with Crippen molar-refractivity contribution in [1.29, 1.82) is 10.5 Å². The first-order chi connectivity index (χ1) is 17.0. The zero-order valence-corrected chi connectivity index (χ0v) is 18.8. The molecule has 1 radical (unpaired) electrons. The van der Waals surface area contributed by atoms with Gasteiger partial charge in [-0.25, -0.2) is 17.6 Å². The number of carbonyl (C=O) groups is 1. The Balaban J connectivity index is 0.00000507. The molecule has 6 nitrogen and oxygen atoms in total. The van der Waals surface area contributed by atoms with E-state index in [2.05, 4.69) is 5.10 Å². The molecule has 1 heterocycles. The maximum atomic E-state index is 14.4. The van der Waals surface area contributed by atoms with Gasteiger partial charge in [0, 0.05) is 22.6 Å². The van der Waals surface area contributed by atoms with E-state index in [1.165, 1.54) is 0 Å². The molecule has 3 rings (SSSR count). The fourth-order valence-corrected chi connectivity index (χ4v) is 3.33. The Kier molecular flexibility index (Phi) is 7.93. The molecule has 17 heteroatoms. The number of aromatic hydroxyl groups is 1. The van der Waals surface area contributed by atoms with Gasteiger partial charge in [0.25, 0.3) is 0 Å². The number of alkyl halides is 6. The maximum absolute atomic E-state index is 14.4. The molecule has 0 aliphatic rings. The van der Waals surface area contributed by atoms with Gasteiger partial charge in [-0.15, -0.1) is 0 Å². The third-order valence-electron chi connectivity index (χ3n) is 4.95. The summed E-state index contributed by atoms with van der Waals surface area (Å²) in [7, 11) is 0. The standard InChI is InChI=1S/C21H6F10N4O2.Cu/c1-6-12(19(37)35(34-6)17-15(24)13(22)9(5-33)14(23)16(17)25)18(36)7-2-10(20(26,27)28)8(4-32)11(3-7)21(29,30)31;/h2-3,37H,1H3;. The van der Waals surface area contributed by atoms with Crippen LogP contribution in [0, 0.1) is 52.9 Å². The Bertz CT molecular complexity index is 1500. The van der Waals surface area contributed by atoms with E-state index in [1.807, 2.05) is 0 Å². The van der Waals surface area contributed by atoms with E-state index in [9.17, 15) is 53.8 Å².